The normalized spacial score (nSPS) is 15.0. The van der Waals surface area contributed by atoms with Gasteiger partial charge < -0.3 is 4.90 Å². The molecule has 1 saturated heterocycles. The topological polar surface area (TPSA) is 62.2 Å². The molecule has 3 aromatic rings. The van der Waals surface area contributed by atoms with E-state index < -0.39 is 0 Å². The van der Waals surface area contributed by atoms with Crippen molar-refractivity contribution in [3.8, 4) is 11.1 Å². The molecule has 0 bridgehead atoms. The summed E-state index contributed by atoms with van der Waals surface area (Å²) >= 11 is 0. The first-order valence-electron chi connectivity index (χ1n) is 9.43. The molecule has 0 unspecified atom stereocenters. The number of amides is 1. The van der Waals surface area contributed by atoms with Crippen molar-refractivity contribution >= 4 is 16.8 Å². The summed E-state index contributed by atoms with van der Waals surface area (Å²) in [6.07, 6.45) is 7.00. The highest BCUT2D eigenvalue weighted by atomic mass is 16.2. The zero-order valence-corrected chi connectivity index (χ0v) is 16.0. The van der Waals surface area contributed by atoms with Crippen molar-refractivity contribution in [2.75, 3.05) is 32.7 Å². The number of aromatic nitrogens is 3. The van der Waals surface area contributed by atoms with Crippen LogP contribution < -0.4 is 0 Å². The van der Waals surface area contributed by atoms with Gasteiger partial charge in [0.1, 0.15) is 5.69 Å². The summed E-state index contributed by atoms with van der Waals surface area (Å²) in [6, 6.07) is 7.60. The molecular weight excluding hydrogens is 350 g/mol. The fraction of sp³-hybridized carbons (Fsp3) is 0.273. The van der Waals surface area contributed by atoms with E-state index in [-0.39, 0.29) is 5.91 Å². The third kappa shape index (κ3) is 3.77. The highest BCUT2D eigenvalue weighted by Crippen LogP contribution is 2.28. The largest absolute Gasteiger partial charge is 0.335 e. The van der Waals surface area contributed by atoms with E-state index in [0.29, 0.717) is 18.8 Å². The van der Waals surface area contributed by atoms with Gasteiger partial charge in [0, 0.05) is 62.9 Å². The van der Waals surface area contributed by atoms with Crippen LogP contribution in [-0.2, 0) is 0 Å². The van der Waals surface area contributed by atoms with E-state index in [1.165, 1.54) is 0 Å². The molecule has 0 atom stereocenters. The summed E-state index contributed by atoms with van der Waals surface area (Å²) in [5.74, 6) is -0.0241. The van der Waals surface area contributed by atoms with E-state index in [1.54, 1.807) is 24.8 Å². The lowest BCUT2D eigenvalue weighted by Crippen LogP contribution is -2.49. The number of rotatable bonds is 4. The van der Waals surface area contributed by atoms with Crippen molar-refractivity contribution in [1.29, 1.82) is 0 Å². The van der Waals surface area contributed by atoms with Crippen LogP contribution in [-0.4, -0.2) is 63.4 Å². The third-order valence-corrected chi connectivity index (χ3v) is 4.97. The molecular formula is C22H23N5O. The minimum absolute atomic E-state index is 0.0241. The lowest BCUT2D eigenvalue weighted by molar-refractivity contribution is 0.0642. The molecule has 6 nitrogen and oxygen atoms in total. The maximum atomic E-state index is 13.2. The van der Waals surface area contributed by atoms with Gasteiger partial charge >= 0.3 is 0 Å². The predicted octanol–water partition coefficient (Wildman–Crippen LogP) is 3.03. The Balaban J connectivity index is 1.64. The van der Waals surface area contributed by atoms with Crippen molar-refractivity contribution in [3.63, 3.8) is 0 Å². The number of carbonyl (C=O) groups excluding carboxylic acids is 1. The van der Waals surface area contributed by atoms with Gasteiger partial charge in [-0.2, -0.15) is 0 Å². The fourth-order valence-electron chi connectivity index (χ4n) is 3.60. The Kier molecular flexibility index (Phi) is 5.12. The molecule has 1 amide bonds. The number of carbonyl (C=O) groups is 1. The molecule has 6 heteroatoms. The minimum Gasteiger partial charge on any atom is -0.335 e. The number of hydrogen-bond acceptors (Lipinski definition) is 5. The lowest BCUT2D eigenvalue weighted by atomic mass is 10.0. The van der Waals surface area contributed by atoms with E-state index in [4.69, 9.17) is 0 Å². The molecule has 0 radical (unpaired) electrons. The Morgan fingerprint density at radius 2 is 1.79 bits per heavy atom. The van der Waals surface area contributed by atoms with Crippen LogP contribution in [0, 0.1) is 0 Å². The Morgan fingerprint density at radius 3 is 2.50 bits per heavy atom. The highest BCUT2D eigenvalue weighted by Gasteiger charge is 2.24. The first-order valence-corrected chi connectivity index (χ1v) is 9.43. The van der Waals surface area contributed by atoms with Gasteiger partial charge in [-0.05, 0) is 42.3 Å². The van der Waals surface area contributed by atoms with E-state index in [1.807, 2.05) is 36.1 Å². The van der Waals surface area contributed by atoms with E-state index in [9.17, 15) is 4.79 Å². The van der Waals surface area contributed by atoms with Gasteiger partial charge in [-0.1, -0.05) is 12.2 Å². The summed E-state index contributed by atoms with van der Waals surface area (Å²) < 4.78 is 0. The van der Waals surface area contributed by atoms with Crippen molar-refractivity contribution in [1.82, 2.24) is 24.8 Å². The molecule has 0 aromatic carbocycles. The zero-order valence-electron chi connectivity index (χ0n) is 16.0. The van der Waals surface area contributed by atoms with Gasteiger partial charge in [0.25, 0.3) is 5.91 Å². The molecule has 0 saturated carbocycles. The van der Waals surface area contributed by atoms with Crippen LogP contribution in [0.5, 0.6) is 0 Å². The Bertz CT molecular complexity index is 1010. The average Bonchev–Trinajstić information content (AvgIpc) is 2.73. The van der Waals surface area contributed by atoms with Crippen LogP contribution in [0.3, 0.4) is 0 Å². The number of piperazine rings is 1. The highest BCUT2D eigenvalue weighted by molar-refractivity contribution is 6.01. The van der Waals surface area contributed by atoms with Gasteiger partial charge in [0.2, 0.25) is 0 Å². The van der Waals surface area contributed by atoms with Gasteiger partial charge in [0.05, 0.1) is 5.52 Å². The monoisotopic (exact) mass is 373 g/mol. The third-order valence-electron chi connectivity index (χ3n) is 4.97. The Labute approximate surface area is 164 Å². The standard InChI is InChI=1S/C22H23N5O/c1-16(2)15-26-9-11-27(12-10-26)22(28)21-13-18(17-3-6-23-7-4-17)19-14-24-8-5-20(19)25-21/h3-8,13-14H,1,9-12,15H2,2H3. The Morgan fingerprint density at radius 1 is 1.07 bits per heavy atom. The second kappa shape index (κ2) is 7.86. The van der Waals surface area contributed by atoms with Crippen LogP contribution in [0.1, 0.15) is 17.4 Å². The molecule has 3 aromatic heterocycles. The zero-order chi connectivity index (χ0) is 19.5. The second-order valence-electron chi connectivity index (χ2n) is 7.21. The molecule has 4 heterocycles. The maximum Gasteiger partial charge on any atom is 0.272 e. The average molecular weight is 373 g/mol. The minimum atomic E-state index is -0.0241. The van der Waals surface area contributed by atoms with Crippen molar-refractivity contribution < 1.29 is 4.79 Å². The van der Waals surface area contributed by atoms with Gasteiger partial charge in [-0.25, -0.2) is 4.98 Å². The molecule has 0 spiro atoms. The molecule has 142 valence electrons. The number of pyridine rings is 3. The molecule has 1 fully saturated rings. The summed E-state index contributed by atoms with van der Waals surface area (Å²) in [4.78, 5) is 30.3. The van der Waals surface area contributed by atoms with Crippen molar-refractivity contribution in [2.24, 2.45) is 0 Å². The number of nitrogens with zero attached hydrogens (tertiary/aromatic N) is 5. The van der Waals surface area contributed by atoms with Gasteiger partial charge in [-0.15, -0.1) is 0 Å². The van der Waals surface area contributed by atoms with Crippen LogP contribution in [0.25, 0.3) is 22.0 Å². The smallest absolute Gasteiger partial charge is 0.272 e. The molecule has 28 heavy (non-hydrogen) atoms. The first kappa shape index (κ1) is 18.3. The summed E-state index contributed by atoms with van der Waals surface area (Å²) in [5.41, 5.74) is 4.33. The fourth-order valence-corrected chi connectivity index (χ4v) is 3.60. The second-order valence-corrected chi connectivity index (χ2v) is 7.21. The van der Waals surface area contributed by atoms with Gasteiger partial charge in [-0.3, -0.25) is 19.7 Å². The van der Waals surface area contributed by atoms with Gasteiger partial charge in [0.15, 0.2) is 0 Å². The van der Waals surface area contributed by atoms with E-state index >= 15 is 0 Å². The van der Waals surface area contributed by atoms with E-state index in [2.05, 4.69) is 26.4 Å². The summed E-state index contributed by atoms with van der Waals surface area (Å²) in [7, 11) is 0. The SMILES string of the molecule is C=C(C)CN1CCN(C(=O)c2cc(-c3ccncc3)c3cnccc3n2)CC1. The maximum absolute atomic E-state index is 13.2. The van der Waals surface area contributed by atoms with Crippen LogP contribution >= 0.6 is 0 Å². The number of fused-ring (bicyclic) bond motifs is 1. The van der Waals surface area contributed by atoms with E-state index in [0.717, 1.165) is 47.2 Å². The first-order chi connectivity index (χ1) is 13.6. The number of hydrogen-bond donors (Lipinski definition) is 0. The van der Waals surface area contributed by atoms with Crippen LogP contribution in [0.2, 0.25) is 0 Å². The van der Waals surface area contributed by atoms with Crippen molar-refractivity contribution in [2.45, 2.75) is 6.92 Å². The Hall–Kier alpha value is -3.12. The molecule has 1 aliphatic heterocycles. The summed E-state index contributed by atoms with van der Waals surface area (Å²) in [6.45, 7) is 10.0. The predicted molar refractivity (Wildman–Crippen MR) is 110 cm³/mol. The van der Waals surface area contributed by atoms with Crippen LogP contribution in [0.15, 0.2) is 61.2 Å². The molecule has 0 aliphatic carbocycles. The van der Waals surface area contributed by atoms with Crippen molar-refractivity contribution in [3.05, 3.63) is 66.9 Å². The van der Waals surface area contributed by atoms with Crippen LogP contribution in [0.4, 0.5) is 0 Å². The molecule has 0 N–H and O–H groups in total. The summed E-state index contributed by atoms with van der Waals surface area (Å²) in [5, 5.41) is 0.927. The lowest BCUT2D eigenvalue weighted by Gasteiger charge is -2.34. The molecule has 1 aliphatic rings. The molecule has 4 rings (SSSR count). The quantitative estimate of drug-likeness (QED) is 0.658.